The van der Waals surface area contributed by atoms with E-state index in [2.05, 4.69) is 4.72 Å². The van der Waals surface area contributed by atoms with Gasteiger partial charge >= 0.3 is 0 Å². The first-order chi connectivity index (χ1) is 8.61. The normalized spacial score (nSPS) is 11.9. The van der Waals surface area contributed by atoms with Crippen molar-refractivity contribution in [2.24, 2.45) is 5.73 Å². The first kappa shape index (κ1) is 15.6. The highest BCUT2D eigenvalue weighted by atomic mass is 32.2. The summed E-state index contributed by atoms with van der Waals surface area (Å²) >= 11 is 1.36. The number of ether oxygens (including phenoxy) is 1. The van der Waals surface area contributed by atoms with Crippen LogP contribution in [0.25, 0.3) is 0 Å². The fourth-order valence-corrected chi connectivity index (χ4v) is 3.83. The molecule has 0 radical (unpaired) electrons. The van der Waals surface area contributed by atoms with Gasteiger partial charge in [-0.25, -0.2) is 13.1 Å². The Morgan fingerprint density at radius 1 is 1.44 bits per heavy atom. The number of rotatable bonds is 9. The van der Waals surface area contributed by atoms with Gasteiger partial charge in [0.1, 0.15) is 0 Å². The van der Waals surface area contributed by atoms with E-state index in [0.29, 0.717) is 36.0 Å². The summed E-state index contributed by atoms with van der Waals surface area (Å²) in [5.41, 5.74) is 5.50. The molecule has 0 aliphatic rings. The second-order valence-corrected chi connectivity index (χ2v) is 6.51. The van der Waals surface area contributed by atoms with E-state index in [-0.39, 0.29) is 6.54 Å². The Labute approximate surface area is 112 Å². The van der Waals surface area contributed by atoms with Crippen LogP contribution in [0.4, 0.5) is 0 Å². The van der Waals surface area contributed by atoms with Gasteiger partial charge in [-0.2, -0.15) is 0 Å². The van der Waals surface area contributed by atoms with E-state index in [9.17, 15) is 8.42 Å². The Morgan fingerprint density at radius 2 is 2.22 bits per heavy atom. The molecule has 0 saturated carbocycles. The van der Waals surface area contributed by atoms with Crippen LogP contribution in [0.5, 0.6) is 0 Å². The number of thiophene rings is 1. The first-order valence-electron chi connectivity index (χ1n) is 5.95. The zero-order valence-electron chi connectivity index (χ0n) is 10.5. The van der Waals surface area contributed by atoms with Gasteiger partial charge in [-0.1, -0.05) is 6.92 Å². The van der Waals surface area contributed by atoms with Crippen molar-refractivity contribution in [3.8, 4) is 0 Å². The molecule has 0 atom stereocenters. The Hall–Kier alpha value is -0.470. The minimum atomic E-state index is -3.43. The van der Waals surface area contributed by atoms with Crippen LogP contribution in [0.15, 0.2) is 16.3 Å². The van der Waals surface area contributed by atoms with Crippen molar-refractivity contribution >= 4 is 21.4 Å². The fourth-order valence-electron chi connectivity index (χ4n) is 1.42. The molecular weight excluding hydrogens is 272 g/mol. The lowest BCUT2D eigenvalue weighted by molar-refractivity contribution is 0.133. The van der Waals surface area contributed by atoms with Crippen LogP contribution in [0.3, 0.4) is 0 Å². The Bertz CT molecular complexity index is 443. The number of nitrogens with one attached hydrogen (secondary N) is 1. The van der Waals surface area contributed by atoms with Crippen LogP contribution in [0.2, 0.25) is 0 Å². The van der Waals surface area contributed by atoms with Crippen LogP contribution >= 0.6 is 11.3 Å². The molecule has 0 spiro atoms. The summed E-state index contributed by atoms with van der Waals surface area (Å²) in [6.45, 7) is 3.95. The summed E-state index contributed by atoms with van der Waals surface area (Å²) in [6.07, 6.45) is 1.64. The van der Waals surface area contributed by atoms with Gasteiger partial charge in [0.25, 0.3) is 0 Å². The van der Waals surface area contributed by atoms with Crippen molar-refractivity contribution < 1.29 is 13.2 Å². The predicted molar refractivity (Wildman–Crippen MR) is 73.1 cm³/mol. The molecule has 0 aromatic carbocycles. The van der Waals surface area contributed by atoms with Crippen molar-refractivity contribution in [2.45, 2.75) is 31.2 Å². The Kier molecular flexibility index (Phi) is 6.80. The highest BCUT2D eigenvalue weighted by molar-refractivity contribution is 7.89. The predicted octanol–water partition coefficient (Wildman–Crippen LogP) is 1.30. The summed E-state index contributed by atoms with van der Waals surface area (Å²) in [6, 6.07) is 1.59. The van der Waals surface area contributed by atoms with Gasteiger partial charge in [0.2, 0.25) is 10.0 Å². The summed E-state index contributed by atoms with van der Waals surface area (Å²) < 4.78 is 31.8. The molecule has 0 unspecified atom stereocenters. The third-order valence-electron chi connectivity index (χ3n) is 2.29. The van der Waals surface area contributed by atoms with Crippen LogP contribution in [0.1, 0.15) is 24.6 Å². The topological polar surface area (TPSA) is 81.4 Å². The van der Waals surface area contributed by atoms with Crippen LogP contribution in [0, 0.1) is 0 Å². The lowest BCUT2D eigenvalue weighted by Crippen LogP contribution is -2.26. The number of nitrogens with two attached hydrogens (primary N) is 1. The molecule has 1 heterocycles. The van der Waals surface area contributed by atoms with Crippen LogP contribution in [-0.4, -0.2) is 28.2 Å². The molecule has 0 saturated heterocycles. The van der Waals surface area contributed by atoms with Gasteiger partial charge in [-0.05, 0) is 24.3 Å². The molecule has 18 heavy (non-hydrogen) atoms. The van der Waals surface area contributed by atoms with E-state index >= 15 is 0 Å². The second-order valence-electron chi connectivity index (χ2n) is 3.78. The van der Waals surface area contributed by atoms with E-state index in [1.165, 1.54) is 11.3 Å². The third-order valence-corrected chi connectivity index (χ3v) is 4.90. The summed E-state index contributed by atoms with van der Waals surface area (Å²) in [7, 11) is -3.43. The summed E-state index contributed by atoms with van der Waals surface area (Å²) in [5.74, 6) is 0. The van der Waals surface area contributed by atoms with E-state index in [4.69, 9.17) is 10.5 Å². The summed E-state index contributed by atoms with van der Waals surface area (Å²) in [5, 5.41) is 1.74. The largest absolute Gasteiger partial charge is 0.381 e. The van der Waals surface area contributed by atoms with Crippen molar-refractivity contribution in [1.29, 1.82) is 0 Å². The molecule has 5 nitrogen and oxygen atoms in total. The van der Waals surface area contributed by atoms with Gasteiger partial charge in [0, 0.05) is 31.2 Å². The highest BCUT2D eigenvalue weighted by Crippen LogP contribution is 2.20. The smallest absolute Gasteiger partial charge is 0.241 e. The molecule has 0 aliphatic heterocycles. The number of sulfonamides is 1. The van der Waals surface area contributed by atoms with Crippen LogP contribution in [-0.2, 0) is 21.3 Å². The molecule has 1 aromatic heterocycles. The minimum absolute atomic E-state index is 0.244. The third kappa shape index (κ3) is 4.66. The van der Waals surface area contributed by atoms with E-state index in [0.717, 1.165) is 6.42 Å². The Morgan fingerprint density at radius 3 is 2.89 bits per heavy atom. The monoisotopic (exact) mass is 292 g/mol. The lowest BCUT2D eigenvalue weighted by Gasteiger charge is -2.07. The van der Waals surface area contributed by atoms with Crippen molar-refractivity contribution in [3.63, 3.8) is 0 Å². The molecule has 7 heteroatoms. The maximum atomic E-state index is 12.0. The molecule has 1 aromatic rings. The zero-order valence-corrected chi connectivity index (χ0v) is 12.1. The molecule has 1 rings (SSSR count). The van der Waals surface area contributed by atoms with Crippen molar-refractivity contribution in [3.05, 3.63) is 16.3 Å². The lowest BCUT2D eigenvalue weighted by atomic mass is 10.4. The van der Waals surface area contributed by atoms with E-state index in [1.54, 1.807) is 11.4 Å². The van der Waals surface area contributed by atoms with Gasteiger partial charge in [0.05, 0.1) is 4.90 Å². The second kappa shape index (κ2) is 7.85. The molecule has 0 amide bonds. The maximum Gasteiger partial charge on any atom is 0.241 e. The number of hydrogen-bond donors (Lipinski definition) is 2. The average molecular weight is 292 g/mol. The highest BCUT2D eigenvalue weighted by Gasteiger charge is 2.18. The van der Waals surface area contributed by atoms with Crippen LogP contribution < -0.4 is 10.5 Å². The molecular formula is C11H20N2O3S2. The van der Waals surface area contributed by atoms with E-state index < -0.39 is 10.0 Å². The molecule has 0 fully saturated rings. The van der Waals surface area contributed by atoms with Crippen molar-refractivity contribution in [1.82, 2.24) is 4.72 Å². The standard InChI is InChI=1S/C11H20N2O3S2/c1-2-6-16-7-3-5-13-18(14,15)11-4-8-17-10(11)9-12/h4,8,13H,2-3,5-7,9,12H2,1H3. The fraction of sp³-hybridized carbons (Fsp3) is 0.636. The molecule has 104 valence electrons. The molecule has 0 bridgehead atoms. The Balaban J connectivity index is 2.41. The van der Waals surface area contributed by atoms with Gasteiger partial charge < -0.3 is 10.5 Å². The summed E-state index contributed by atoms with van der Waals surface area (Å²) in [4.78, 5) is 0.981. The quantitative estimate of drug-likeness (QED) is 0.672. The minimum Gasteiger partial charge on any atom is -0.381 e. The zero-order chi connectivity index (χ0) is 13.4. The van der Waals surface area contributed by atoms with Gasteiger partial charge in [0.15, 0.2) is 0 Å². The SMILES string of the molecule is CCCOCCCNS(=O)(=O)c1ccsc1CN. The molecule has 0 aliphatic carbocycles. The van der Waals surface area contributed by atoms with Gasteiger partial charge in [-0.15, -0.1) is 11.3 Å². The van der Waals surface area contributed by atoms with Crippen molar-refractivity contribution in [2.75, 3.05) is 19.8 Å². The number of hydrogen-bond acceptors (Lipinski definition) is 5. The average Bonchev–Trinajstić information content (AvgIpc) is 2.82. The van der Waals surface area contributed by atoms with E-state index in [1.807, 2.05) is 6.92 Å². The van der Waals surface area contributed by atoms with Gasteiger partial charge in [-0.3, -0.25) is 0 Å². The molecule has 3 N–H and O–H groups in total. The first-order valence-corrected chi connectivity index (χ1v) is 8.32. The maximum absolute atomic E-state index is 12.0.